The van der Waals surface area contributed by atoms with E-state index in [2.05, 4.69) is 10.1 Å². The highest BCUT2D eigenvalue weighted by Crippen LogP contribution is 2.32. The van der Waals surface area contributed by atoms with E-state index in [1.807, 2.05) is 0 Å². The van der Waals surface area contributed by atoms with Crippen LogP contribution in [0.4, 0.5) is 0 Å². The zero-order chi connectivity index (χ0) is 22.1. The monoisotopic (exact) mass is 431 g/mol. The van der Waals surface area contributed by atoms with E-state index in [0.29, 0.717) is 13.0 Å². The lowest BCUT2D eigenvalue weighted by atomic mass is 9.95. The van der Waals surface area contributed by atoms with Gasteiger partial charge in [-0.3, -0.25) is 9.59 Å². The first-order valence-electron chi connectivity index (χ1n) is 10.8. The van der Waals surface area contributed by atoms with Crippen LogP contribution >= 0.6 is 0 Å². The van der Waals surface area contributed by atoms with E-state index in [9.17, 15) is 14.7 Å². The van der Waals surface area contributed by atoms with Crippen molar-refractivity contribution >= 4 is 11.9 Å². The van der Waals surface area contributed by atoms with E-state index < -0.39 is 36.4 Å². The molecule has 2 fully saturated rings. The van der Waals surface area contributed by atoms with Crippen molar-refractivity contribution in [3.63, 3.8) is 0 Å². The molecule has 174 valence electrons. The van der Waals surface area contributed by atoms with E-state index >= 15 is 0 Å². The molecule has 0 spiro atoms. The number of unbranched alkanes of at least 4 members (excludes halogenated alkanes) is 5. The first-order valence-corrected chi connectivity index (χ1v) is 10.8. The summed E-state index contributed by atoms with van der Waals surface area (Å²) in [7, 11) is 1.41. The number of hydrogen-bond acceptors (Lipinski definition) is 8. The molecule has 9 nitrogen and oxygen atoms in total. The average Bonchev–Trinajstić information content (AvgIpc) is 2.69. The Kier molecular flexibility index (Phi) is 9.96. The van der Waals surface area contributed by atoms with Crippen LogP contribution in [0.2, 0.25) is 0 Å². The summed E-state index contributed by atoms with van der Waals surface area (Å²) in [5.41, 5.74) is 0. The van der Waals surface area contributed by atoms with Crippen molar-refractivity contribution in [1.82, 2.24) is 5.32 Å². The summed E-state index contributed by atoms with van der Waals surface area (Å²) in [5.74, 6) is -1.25. The maximum atomic E-state index is 11.6. The standard InChI is InChI=1S/C21H37NO8/c1-14(23)22-17-18(25)19-15(13-28-21(2,3)30-19)29-20(17)27-12-10-8-6-5-7-9-11-16(24)26-4/h15,17-20,25H,5-13H2,1-4H3,(H,22,23)/t15-,17-,18-,19-,20-/m1/s1. The molecule has 2 aliphatic rings. The lowest BCUT2D eigenvalue weighted by molar-refractivity contribution is -0.368. The van der Waals surface area contributed by atoms with Crippen LogP contribution in [0.5, 0.6) is 0 Å². The molecular weight excluding hydrogens is 394 g/mol. The lowest BCUT2D eigenvalue weighted by Gasteiger charge is -2.49. The molecule has 2 heterocycles. The number of aliphatic hydroxyl groups excluding tert-OH is 1. The third-order valence-corrected chi connectivity index (χ3v) is 5.34. The SMILES string of the molecule is COC(=O)CCCCCCCCO[C@@H]1O[C@@H]2COC(C)(C)O[C@H]2[C@H](O)[C@H]1NC(C)=O. The highest BCUT2D eigenvalue weighted by Gasteiger charge is 2.51. The molecule has 0 saturated carbocycles. The van der Waals surface area contributed by atoms with Crippen LogP contribution in [-0.2, 0) is 33.3 Å². The van der Waals surface area contributed by atoms with Crippen LogP contribution in [0.25, 0.3) is 0 Å². The lowest BCUT2D eigenvalue weighted by Crippen LogP contribution is -2.68. The number of ether oxygens (including phenoxy) is 5. The van der Waals surface area contributed by atoms with Gasteiger partial charge in [-0.1, -0.05) is 25.7 Å². The Morgan fingerprint density at radius 3 is 2.47 bits per heavy atom. The Labute approximate surface area is 178 Å². The van der Waals surface area contributed by atoms with Crippen LogP contribution in [0.1, 0.15) is 65.7 Å². The predicted octanol–water partition coefficient (Wildman–Crippen LogP) is 1.65. The minimum Gasteiger partial charge on any atom is -0.469 e. The molecule has 0 radical (unpaired) electrons. The zero-order valence-electron chi connectivity index (χ0n) is 18.6. The maximum absolute atomic E-state index is 11.6. The number of amides is 1. The summed E-state index contributed by atoms with van der Waals surface area (Å²) in [6.45, 7) is 5.70. The Morgan fingerprint density at radius 1 is 1.13 bits per heavy atom. The molecule has 30 heavy (non-hydrogen) atoms. The first-order chi connectivity index (χ1) is 14.2. The highest BCUT2D eigenvalue weighted by molar-refractivity contribution is 5.73. The maximum Gasteiger partial charge on any atom is 0.305 e. The largest absolute Gasteiger partial charge is 0.469 e. The van der Waals surface area contributed by atoms with Gasteiger partial charge >= 0.3 is 5.97 Å². The van der Waals surface area contributed by atoms with Gasteiger partial charge in [0.25, 0.3) is 0 Å². The third-order valence-electron chi connectivity index (χ3n) is 5.34. The van der Waals surface area contributed by atoms with E-state index in [4.69, 9.17) is 18.9 Å². The van der Waals surface area contributed by atoms with E-state index in [1.165, 1.54) is 14.0 Å². The summed E-state index contributed by atoms with van der Waals surface area (Å²) in [6, 6.07) is -0.712. The van der Waals surface area contributed by atoms with Gasteiger partial charge < -0.3 is 34.1 Å². The van der Waals surface area contributed by atoms with Gasteiger partial charge in [0.1, 0.15) is 24.4 Å². The number of nitrogens with one attached hydrogen (secondary N) is 1. The van der Waals surface area contributed by atoms with Crippen LogP contribution in [0, 0.1) is 0 Å². The molecule has 2 rings (SSSR count). The number of carbonyl (C=O) groups is 2. The summed E-state index contributed by atoms with van der Waals surface area (Å²) >= 11 is 0. The first kappa shape index (κ1) is 25.0. The molecule has 0 aromatic rings. The Morgan fingerprint density at radius 2 is 1.80 bits per heavy atom. The second-order valence-corrected chi connectivity index (χ2v) is 8.37. The molecule has 0 aliphatic carbocycles. The van der Waals surface area contributed by atoms with Gasteiger partial charge in [-0.2, -0.15) is 0 Å². The Balaban J connectivity index is 1.73. The summed E-state index contributed by atoms with van der Waals surface area (Å²) in [5, 5.41) is 13.5. The van der Waals surface area contributed by atoms with Gasteiger partial charge in [0, 0.05) is 20.0 Å². The Bertz CT molecular complexity index is 555. The van der Waals surface area contributed by atoms with Gasteiger partial charge in [0.2, 0.25) is 5.91 Å². The molecular formula is C21H37NO8. The van der Waals surface area contributed by atoms with Crippen LogP contribution in [0.3, 0.4) is 0 Å². The number of rotatable bonds is 11. The fourth-order valence-electron chi connectivity index (χ4n) is 3.76. The summed E-state index contributed by atoms with van der Waals surface area (Å²) < 4.78 is 27.9. The van der Waals surface area contributed by atoms with Gasteiger partial charge in [0.05, 0.1) is 13.7 Å². The minimum absolute atomic E-state index is 0.161. The normalized spacial score (nSPS) is 30.4. The van der Waals surface area contributed by atoms with Gasteiger partial charge in [0.15, 0.2) is 12.1 Å². The fraction of sp³-hybridized carbons (Fsp3) is 0.905. The molecule has 2 saturated heterocycles. The van der Waals surface area contributed by atoms with Crippen molar-refractivity contribution < 1.29 is 38.4 Å². The number of esters is 1. The number of carbonyl (C=O) groups excluding carboxylic acids is 2. The van der Waals surface area contributed by atoms with Crippen LogP contribution < -0.4 is 5.32 Å². The number of aliphatic hydroxyl groups is 1. The molecule has 5 atom stereocenters. The molecule has 0 unspecified atom stereocenters. The zero-order valence-corrected chi connectivity index (χ0v) is 18.6. The molecule has 0 aromatic carbocycles. The van der Waals surface area contributed by atoms with Crippen molar-refractivity contribution in [2.45, 2.75) is 102 Å². The van der Waals surface area contributed by atoms with Crippen molar-refractivity contribution in [3.05, 3.63) is 0 Å². The minimum atomic E-state index is -0.962. The van der Waals surface area contributed by atoms with Crippen molar-refractivity contribution in [3.8, 4) is 0 Å². The summed E-state index contributed by atoms with van der Waals surface area (Å²) in [4.78, 5) is 22.7. The highest BCUT2D eigenvalue weighted by atomic mass is 16.8. The van der Waals surface area contributed by atoms with Crippen molar-refractivity contribution in [2.75, 3.05) is 20.3 Å². The van der Waals surface area contributed by atoms with Gasteiger partial charge in [-0.25, -0.2) is 0 Å². The van der Waals surface area contributed by atoms with E-state index in [-0.39, 0.29) is 18.5 Å². The van der Waals surface area contributed by atoms with Crippen molar-refractivity contribution in [1.29, 1.82) is 0 Å². The van der Waals surface area contributed by atoms with Crippen molar-refractivity contribution in [2.24, 2.45) is 0 Å². The van der Waals surface area contributed by atoms with Crippen LogP contribution in [0.15, 0.2) is 0 Å². The average molecular weight is 432 g/mol. The number of fused-ring (bicyclic) bond motifs is 1. The van der Waals surface area contributed by atoms with Gasteiger partial charge in [-0.15, -0.1) is 0 Å². The molecule has 1 amide bonds. The topological polar surface area (TPSA) is 113 Å². The summed E-state index contributed by atoms with van der Waals surface area (Å²) in [6.07, 6.45) is 3.46. The van der Waals surface area contributed by atoms with E-state index in [1.54, 1.807) is 13.8 Å². The second-order valence-electron chi connectivity index (χ2n) is 8.37. The van der Waals surface area contributed by atoms with Gasteiger partial charge in [-0.05, 0) is 26.7 Å². The number of hydrogen-bond donors (Lipinski definition) is 2. The molecule has 9 heteroatoms. The van der Waals surface area contributed by atoms with Crippen LogP contribution in [-0.4, -0.2) is 73.7 Å². The fourth-order valence-corrected chi connectivity index (χ4v) is 3.76. The molecule has 2 aliphatic heterocycles. The smallest absolute Gasteiger partial charge is 0.305 e. The molecule has 0 bridgehead atoms. The second kappa shape index (κ2) is 12.0. The Hall–Kier alpha value is -1.26. The predicted molar refractivity (Wildman–Crippen MR) is 107 cm³/mol. The third kappa shape index (κ3) is 7.77. The number of methoxy groups -OCH3 is 1. The van der Waals surface area contributed by atoms with E-state index in [0.717, 1.165) is 38.5 Å². The molecule has 0 aromatic heterocycles. The molecule has 2 N–H and O–H groups in total. The quantitative estimate of drug-likeness (QED) is 0.375.